The Morgan fingerprint density at radius 3 is 2.60 bits per heavy atom. The fourth-order valence-electron chi connectivity index (χ4n) is 3.79. The molecule has 0 spiro atoms. The zero-order valence-electron chi connectivity index (χ0n) is 20.8. The van der Waals surface area contributed by atoms with Crippen molar-refractivity contribution in [2.24, 2.45) is 7.05 Å². The average Bonchev–Trinajstić information content (AvgIpc) is 3.54. The number of carboxylic acid groups (broad SMARTS) is 1. The van der Waals surface area contributed by atoms with Crippen LogP contribution < -0.4 is 24.2 Å². The second-order valence-corrected chi connectivity index (χ2v) is 10.6. The molecule has 1 aromatic heterocycles. The van der Waals surface area contributed by atoms with Crippen LogP contribution in [0.25, 0.3) is 0 Å². The van der Waals surface area contributed by atoms with Crippen molar-refractivity contribution >= 4 is 39.2 Å². The summed E-state index contributed by atoms with van der Waals surface area (Å²) < 4.78 is 47.1. The van der Waals surface area contributed by atoms with E-state index in [-0.39, 0.29) is 51.8 Å². The quantitative estimate of drug-likeness (QED) is 0.264. The third-order valence-corrected chi connectivity index (χ3v) is 7.54. The highest BCUT2D eigenvalue weighted by molar-refractivity contribution is 7.89. The molecule has 0 saturated heterocycles. The molecule has 40 heavy (non-hydrogen) atoms. The summed E-state index contributed by atoms with van der Waals surface area (Å²) in [5.74, 6) is -0.919. The largest absolute Gasteiger partial charge is 0.476 e. The molecule has 0 aliphatic carbocycles. The first kappa shape index (κ1) is 27.0. The maximum absolute atomic E-state index is 13.5. The number of aryl methyl sites for hydroxylation is 1. The second kappa shape index (κ2) is 10.9. The van der Waals surface area contributed by atoms with Crippen LogP contribution in [0.3, 0.4) is 0 Å². The van der Waals surface area contributed by atoms with E-state index in [0.29, 0.717) is 17.1 Å². The molecule has 1 aliphatic heterocycles. The summed E-state index contributed by atoms with van der Waals surface area (Å²) in [5.41, 5.74) is 0.672. The molecule has 206 valence electrons. The van der Waals surface area contributed by atoms with Crippen molar-refractivity contribution in [3.63, 3.8) is 0 Å². The molecule has 0 saturated carbocycles. The summed E-state index contributed by atoms with van der Waals surface area (Å²) in [6.07, 6.45) is 0. The first-order chi connectivity index (χ1) is 19.1. The number of fused-ring (bicyclic) bond motifs is 1. The highest BCUT2D eigenvalue weighted by Gasteiger charge is 2.24. The Morgan fingerprint density at radius 1 is 1.07 bits per heavy atom. The van der Waals surface area contributed by atoms with Gasteiger partial charge in [-0.05, 0) is 48.0 Å². The first-order valence-corrected chi connectivity index (χ1v) is 13.5. The summed E-state index contributed by atoms with van der Waals surface area (Å²) in [6, 6.07) is 16.6. The molecule has 12 nitrogen and oxygen atoms in total. The van der Waals surface area contributed by atoms with E-state index in [1.54, 1.807) is 36.4 Å². The van der Waals surface area contributed by atoms with Gasteiger partial charge in [0.15, 0.2) is 17.2 Å². The number of carbonyl (C=O) groups excluding carboxylic acids is 1. The van der Waals surface area contributed by atoms with E-state index in [1.807, 2.05) is 0 Å². The van der Waals surface area contributed by atoms with Crippen LogP contribution >= 0.6 is 11.6 Å². The van der Waals surface area contributed by atoms with Crippen LogP contribution in [-0.2, 0) is 23.6 Å². The molecule has 0 atom stereocenters. The van der Waals surface area contributed by atoms with Crippen LogP contribution in [0.4, 0.5) is 5.69 Å². The number of ether oxygens (including phenoxy) is 3. The molecule has 0 unspecified atom stereocenters. The zero-order chi connectivity index (χ0) is 28.4. The normalized spacial score (nSPS) is 12.2. The van der Waals surface area contributed by atoms with Gasteiger partial charge in [-0.2, -0.15) is 5.10 Å². The van der Waals surface area contributed by atoms with Gasteiger partial charge >= 0.3 is 5.97 Å². The van der Waals surface area contributed by atoms with Gasteiger partial charge in [0, 0.05) is 25.3 Å². The molecule has 0 bridgehead atoms. The van der Waals surface area contributed by atoms with Crippen LogP contribution in [0.2, 0.25) is 5.02 Å². The van der Waals surface area contributed by atoms with Crippen LogP contribution in [0.15, 0.2) is 71.6 Å². The van der Waals surface area contributed by atoms with Crippen LogP contribution in [0.5, 0.6) is 23.1 Å². The third kappa shape index (κ3) is 5.71. The Balaban J connectivity index is 1.46. The number of halogens is 1. The molecule has 14 heteroatoms. The maximum atomic E-state index is 13.5. The van der Waals surface area contributed by atoms with Gasteiger partial charge < -0.3 is 24.6 Å². The third-order valence-electron chi connectivity index (χ3n) is 5.78. The summed E-state index contributed by atoms with van der Waals surface area (Å²) in [7, 11) is -2.80. The van der Waals surface area contributed by atoms with Crippen LogP contribution in [0, 0.1) is 0 Å². The minimum absolute atomic E-state index is 0.0162. The fraction of sp³-hybridized carbons (Fsp3) is 0.115. The number of hydrogen-bond donors (Lipinski definition) is 3. The molecule has 3 N–H and O–H groups in total. The van der Waals surface area contributed by atoms with Gasteiger partial charge in [-0.25, -0.2) is 22.6 Å². The van der Waals surface area contributed by atoms with Crippen molar-refractivity contribution in [3.8, 4) is 23.1 Å². The van der Waals surface area contributed by atoms with Crippen molar-refractivity contribution in [1.29, 1.82) is 0 Å². The molecule has 1 aliphatic rings. The highest BCUT2D eigenvalue weighted by atomic mass is 35.5. The van der Waals surface area contributed by atoms with Gasteiger partial charge in [-0.1, -0.05) is 29.8 Å². The molecular weight excluding hydrogens is 564 g/mol. The van der Waals surface area contributed by atoms with Crippen molar-refractivity contribution < 1.29 is 37.3 Å². The number of anilines is 1. The number of rotatable bonds is 9. The lowest BCUT2D eigenvalue weighted by Gasteiger charge is -2.15. The number of sulfonamides is 1. The van der Waals surface area contributed by atoms with E-state index in [2.05, 4.69) is 15.1 Å². The van der Waals surface area contributed by atoms with Gasteiger partial charge in [-0.3, -0.25) is 4.79 Å². The highest BCUT2D eigenvalue weighted by Crippen LogP contribution is 2.34. The molecule has 0 fully saturated rings. The summed E-state index contributed by atoms with van der Waals surface area (Å²) in [5, 5.41) is 15.9. The van der Waals surface area contributed by atoms with Gasteiger partial charge in [0.25, 0.3) is 5.91 Å². The SMILES string of the molecule is Cn1nc(C(=O)O)cc1Oc1ccc(NC(=O)c2ccccc2Cl)cc1S(=O)(=O)NCc1ccc2c(c1)OCO2. The van der Waals surface area contributed by atoms with Gasteiger partial charge in [0.2, 0.25) is 22.7 Å². The average molecular weight is 585 g/mol. The molecule has 1 amide bonds. The van der Waals surface area contributed by atoms with E-state index < -0.39 is 21.9 Å². The summed E-state index contributed by atoms with van der Waals surface area (Å²) >= 11 is 6.12. The minimum Gasteiger partial charge on any atom is -0.476 e. The Kier molecular flexibility index (Phi) is 7.34. The minimum atomic E-state index is -4.25. The predicted molar refractivity (Wildman–Crippen MR) is 143 cm³/mol. The van der Waals surface area contributed by atoms with Crippen molar-refractivity contribution in [3.05, 3.63) is 88.6 Å². The molecule has 2 heterocycles. The van der Waals surface area contributed by atoms with Crippen LogP contribution in [-0.4, -0.2) is 42.0 Å². The standard InChI is InChI=1S/C26H21ClN4O8S/c1-31-24(12-19(30-31)26(33)34)39-21-9-7-16(29-25(32)17-4-2-3-5-18(17)27)11-23(21)40(35,36)28-13-15-6-8-20-22(10-15)38-14-37-20/h2-12,28H,13-14H2,1H3,(H,29,32)(H,33,34). The number of benzene rings is 3. The molecule has 0 radical (unpaired) electrons. The van der Waals surface area contributed by atoms with Gasteiger partial charge in [0.1, 0.15) is 10.6 Å². The Morgan fingerprint density at radius 2 is 1.85 bits per heavy atom. The van der Waals surface area contributed by atoms with E-state index >= 15 is 0 Å². The molecular formula is C26H21ClN4O8S. The molecule has 4 aromatic rings. The first-order valence-electron chi connectivity index (χ1n) is 11.6. The second-order valence-electron chi connectivity index (χ2n) is 8.51. The Hall–Kier alpha value is -4.59. The Labute approximate surface area is 233 Å². The Bertz CT molecular complexity index is 1740. The van der Waals surface area contributed by atoms with Gasteiger partial charge in [-0.15, -0.1) is 0 Å². The lowest BCUT2D eigenvalue weighted by atomic mass is 10.2. The molecule has 3 aromatic carbocycles. The fourth-order valence-corrected chi connectivity index (χ4v) is 5.18. The van der Waals surface area contributed by atoms with Crippen molar-refractivity contribution in [2.45, 2.75) is 11.4 Å². The van der Waals surface area contributed by atoms with Crippen molar-refractivity contribution in [2.75, 3.05) is 12.1 Å². The zero-order valence-corrected chi connectivity index (χ0v) is 22.3. The van der Waals surface area contributed by atoms with Gasteiger partial charge in [0.05, 0.1) is 10.6 Å². The van der Waals surface area contributed by atoms with E-state index in [9.17, 15) is 23.1 Å². The predicted octanol–water partition coefficient (Wildman–Crippen LogP) is 4.02. The number of amides is 1. The topological polar surface area (TPSA) is 158 Å². The number of aromatic nitrogens is 2. The van der Waals surface area contributed by atoms with E-state index in [1.165, 1.54) is 31.3 Å². The monoisotopic (exact) mass is 584 g/mol. The van der Waals surface area contributed by atoms with Crippen LogP contribution in [0.1, 0.15) is 26.4 Å². The number of aromatic carboxylic acids is 1. The van der Waals surface area contributed by atoms with Crippen molar-refractivity contribution in [1.82, 2.24) is 14.5 Å². The smallest absolute Gasteiger partial charge is 0.356 e. The molecule has 5 rings (SSSR count). The summed E-state index contributed by atoms with van der Waals surface area (Å²) in [6.45, 7) is -0.0149. The number of nitrogens with zero attached hydrogens (tertiary/aromatic N) is 2. The number of hydrogen-bond acceptors (Lipinski definition) is 8. The number of carbonyl (C=O) groups is 2. The number of nitrogens with one attached hydrogen (secondary N) is 2. The maximum Gasteiger partial charge on any atom is 0.356 e. The lowest BCUT2D eigenvalue weighted by molar-refractivity contribution is 0.0689. The van der Waals surface area contributed by atoms with E-state index in [4.69, 9.17) is 25.8 Å². The van der Waals surface area contributed by atoms with E-state index in [0.717, 1.165) is 10.7 Å². The lowest BCUT2D eigenvalue weighted by Crippen LogP contribution is -2.24. The number of carboxylic acids is 1. The summed E-state index contributed by atoms with van der Waals surface area (Å²) in [4.78, 5) is 23.8.